The molecule has 1 rings (SSSR count). The number of nitrogens with one attached hydrogen (secondary N) is 1. The lowest BCUT2D eigenvalue weighted by Gasteiger charge is -2.17. The molecule has 0 aliphatic heterocycles. The molecular formula is C16H29N3O. The van der Waals surface area contributed by atoms with Gasteiger partial charge in [0.25, 0.3) is 0 Å². The zero-order valence-electron chi connectivity index (χ0n) is 13.8. The Hall–Kier alpha value is -1.32. The monoisotopic (exact) mass is 279 g/mol. The first kappa shape index (κ1) is 16.7. The number of hydrogen-bond acceptors (Lipinski definition) is 4. The highest BCUT2D eigenvalue weighted by Gasteiger charge is 2.14. The van der Waals surface area contributed by atoms with E-state index in [2.05, 4.69) is 49.9 Å². The van der Waals surface area contributed by atoms with Crippen molar-refractivity contribution < 1.29 is 4.74 Å². The number of hydrogen-bond donors (Lipinski definition) is 1. The van der Waals surface area contributed by atoms with Gasteiger partial charge in [0, 0.05) is 12.5 Å². The Morgan fingerprint density at radius 2 is 1.85 bits per heavy atom. The van der Waals surface area contributed by atoms with Gasteiger partial charge in [0.05, 0.1) is 12.2 Å². The Kier molecular flexibility index (Phi) is 6.76. The number of aromatic nitrogens is 2. The van der Waals surface area contributed by atoms with Gasteiger partial charge in [-0.15, -0.1) is 0 Å². The van der Waals surface area contributed by atoms with Crippen molar-refractivity contribution in [1.29, 1.82) is 0 Å². The maximum absolute atomic E-state index is 5.94. The Bertz CT molecular complexity index is 418. The van der Waals surface area contributed by atoms with Crippen molar-refractivity contribution in [2.24, 2.45) is 5.92 Å². The van der Waals surface area contributed by atoms with Crippen LogP contribution in [0.4, 0.5) is 5.82 Å². The van der Waals surface area contributed by atoms with E-state index >= 15 is 0 Å². The van der Waals surface area contributed by atoms with Crippen LogP contribution in [0.15, 0.2) is 0 Å². The molecule has 1 N–H and O–H groups in total. The van der Waals surface area contributed by atoms with Crippen LogP contribution >= 0.6 is 0 Å². The highest BCUT2D eigenvalue weighted by molar-refractivity contribution is 5.48. The van der Waals surface area contributed by atoms with Crippen molar-refractivity contribution in [3.05, 3.63) is 11.4 Å². The van der Waals surface area contributed by atoms with Gasteiger partial charge in [0.2, 0.25) is 5.88 Å². The second-order valence-corrected chi connectivity index (χ2v) is 5.75. The molecule has 1 heterocycles. The topological polar surface area (TPSA) is 47.0 Å². The maximum Gasteiger partial charge on any atom is 0.221 e. The summed E-state index contributed by atoms with van der Waals surface area (Å²) < 4.78 is 5.94. The average Bonchev–Trinajstić information content (AvgIpc) is 2.40. The summed E-state index contributed by atoms with van der Waals surface area (Å²) in [5, 5.41) is 3.29. The molecule has 0 amide bonds. The SMILES string of the molecule is CCCC(C)COc1nc(C(C)C)nc(NCC)c1C. The van der Waals surface area contributed by atoms with E-state index in [1.165, 1.54) is 12.8 Å². The maximum atomic E-state index is 5.94. The molecule has 20 heavy (non-hydrogen) atoms. The molecule has 0 aliphatic rings. The van der Waals surface area contributed by atoms with E-state index in [4.69, 9.17) is 4.74 Å². The van der Waals surface area contributed by atoms with Gasteiger partial charge in [-0.1, -0.05) is 34.1 Å². The van der Waals surface area contributed by atoms with Gasteiger partial charge in [0.1, 0.15) is 11.6 Å². The van der Waals surface area contributed by atoms with Crippen molar-refractivity contribution in [3.63, 3.8) is 0 Å². The molecular weight excluding hydrogens is 250 g/mol. The Morgan fingerprint density at radius 1 is 1.15 bits per heavy atom. The van der Waals surface area contributed by atoms with Crippen LogP contribution in [0.2, 0.25) is 0 Å². The van der Waals surface area contributed by atoms with Crippen LogP contribution in [0.1, 0.15) is 64.8 Å². The third-order valence-corrected chi connectivity index (χ3v) is 3.27. The van der Waals surface area contributed by atoms with Gasteiger partial charge in [-0.25, -0.2) is 4.98 Å². The summed E-state index contributed by atoms with van der Waals surface area (Å²) in [7, 11) is 0. The predicted octanol–water partition coefficient (Wildman–Crippen LogP) is 4.16. The van der Waals surface area contributed by atoms with Gasteiger partial charge in [-0.3, -0.25) is 0 Å². The van der Waals surface area contributed by atoms with Crippen molar-refractivity contribution in [2.45, 2.75) is 60.3 Å². The molecule has 0 saturated heterocycles. The normalized spacial score (nSPS) is 12.6. The van der Waals surface area contributed by atoms with Gasteiger partial charge >= 0.3 is 0 Å². The molecule has 0 aliphatic carbocycles. The third-order valence-electron chi connectivity index (χ3n) is 3.27. The molecule has 0 aromatic carbocycles. The third kappa shape index (κ3) is 4.66. The van der Waals surface area contributed by atoms with Crippen LogP contribution in [-0.2, 0) is 0 Å². The first-order valence-corrected chi connectivity index (χ1v) is 7.74. The number of ether oxygens (including phenoxy) is 1. The smallest absolute Gasteiger partial charge is 0.221 e. The second kappa shape index (κ2) is 8.08. The van der Waals surface area contributed by atoms with Crippen molar-refractivity contribution in [3.8, 4) is 5.88 Å². The van der Waals surface area contributed by atoms with E-state index in [1.807, 2.05) is 6.92 Å². The lowest BCUT2D eigenvalue weighted by molar-refractivity contribution is 0.240. The fourth-order valence-electron chi connectivity index (χ4n) is 2.05. The molecule has 0 bridgehead atoms. The van der Waals surface area contributed by atoms with Crippen LogP contribution in [0.5, 0.6) is 5.88 Å². The lowest BCUT2D eigenvalue weighted by atomic mass is 10.1. The first-order chi connectivity index (χ1) is 9.49. The Labute approximate surface area is 123 Å². The number of nitrogens with zero attached hydrogens (tertiary/aromatic N) is 2. The standard InChI is InChI=1S/C16H29N3O/c1-7-9-12(5)10-20-16-13(6)15(17-8-2)18-14(19-16)11(3)4/h11-12H,7-10H2,1-6H3,(H,17,18,19). The van der Waals surface area contributed by atoms with Gasteiger partial charge in [-0.2, -0.15) is 4.98 Å². The molecule has 0 saturated carbocycles. The molecule has 1 aromatic rings. The molecule has 1 aromatic heterocycles. The second-order valence-electron chi connectivity index (χ2n) is 5.75. The van der Waals surface area contributed by atoms with E-state index in [0.29, 0.717) is 11.8 Å². The first-order valence-electron chi connectivity index (χ1n) is 7.74. The Balaban J connectivity index is 2.92. The molecule has 0 fully saturated rings. The van der Waals surface area contributed by atoms with E-state index in [9.17, 15) is 0 Å². The summed E-state index contributed by atoms with van der Waals surface area (Å²) in [6.45, 7) is 14.3. The van der Waals surface area contributed by atoms with Crippen molar-refractivity contribution in [2.75, 3.05) is 18.5 Å². The lowest BCUT2D eigenvalue weighted by Crippen LogP contribution is -2.13. The summed E-state index contributed by atoms with van der Waals surface area (Å²) in [6.07, 6.45) is 2.37. The van der Waals surface area contributed by atoms with Crippen LogP contribution in [-0.4, -0.2) is 23.1 Å². The largest absolute Gasteiger partial charge is 0.477 e. The fourth-order valence-corrected chi connectivity index (χ4v) is 2.05. The zero-order chi connectivity index (χ0) is 15.1. The Morgan fingerprint density at radius 3 is 2.40 bits per heavy atom. The van der Waals surface area contributed by atoms with E-state index < -0.39 is 0 Å². The molecule has 0 spiro atoms. The minimum Gasteiger partial charge on any atom is -0.477 e. The molecule has 4 nitrogen and oxygen atoms in total. The summed E-state index contributed by atoms with van der Waals surface area (Å²) in [6, 6.07) is 0. The van der Waals surface area contributed by atoms with Gasteiger partial charge < -0.3 is 10.1 Å². The molecule has 1 atom stereocenters. The van der Waals surface area contributed by atoms with Gasteiger partial charge in [-0.05, 0) is 26.2 Å². The zero-order valence-corrected chi connectivity index (χ0v) is 13.8. The summed E-state index contributed by atoms with van der Waals surface area (Å²) in [5.41, 5.74) is 1.000. The van der Waals surface area contributed by atoms with Crippen LogP contribution in [0, 0.1) is 12.8 Å². The van der Waals surface area contributed by atoms with E-state index in [1.54, 1.807) is 0 Å². The molecule has 0 radical (unpaired) electrons. The number of rotatable bonds is 8. The quantitative estimate of drug-likeness (QED) is 0.776. The highest BCUT2D eigenvalue weighted by atomic mass is 16.5. The average molecular weight is 279 g/mol. The van der Waals surface area contributed by atoms with E-state index in [-0.39, 0.29) is 0 Å². The highest BCUT2D eigenvalue weighted by Crippen LogP contribution is 2.25. The van der Waals surface area contributed by atoms with Gasteiger partial charge in [0.15, 0.2) is 0 Å². The molecule has 4 heteroatoms. The van der Waals surface area contributed by atoms with Crippen molar-refractivity contribution in [1.82, 2.24) is 9.97 Å². The summed E-state index contributed by atoms with van der Waals surface area (Å²) in [5.74, 6) is 3.31. The minimum atomic E-state index is 0.295. The fraction of sp³-hybridized carbons (Fsp3) is 0.750. The predicted molar refractivity (Wildman–Crippen MR) is 84.6 cm³/mol. The molecule has 114 valence electrons. The summed E-state index contributed by atoms with van der Waals surface area (Å²) in [4.78, 5) is 9.16. The minimum absolute atomic E-state index is 0.295. The van der Waals surface area contributed by atoms with Crippen molar-refractivity contribution >= 4 is 5.82 Å². The van der Waals surface area contributed by atoms with Crippen LogP contribution < -0.4 is 10.1 Å². The van der Waals surface area contributed by atoms with Crippen LogP contribution in [0.3, 0.4) is 0 Å². The van der Waals surface area contributed by atoms with Crippen LogP contribution in [0.25, 0.3) is 0 Å². The molecule has 1 unspecified atom stereocenters. The van der Waals surface area contributed by atoms with E-state index in [0.717, 1.165) is 36.2 Å². The number of anilines is 1. The summed E-state index contributed by atoms with van der Waals surface area (Å²) >= 11 is 0.